The first kappa shape index (κ1) is 17.5. The van der Waals surface area contributed by atoms with Crippen molar-refractivity contribution < 1.29 is 14.0 Å². The van der Waals surface area contributed by atoms with Gasteiger partial charge in [0.2, 0.25) is 5.89 Å². The first-order valence-corrected chi connectivity index (χ1v) is 9.04. The SMILES string of the molecule is COc1cc(CN2CC(c3nc(Cc4ccccc4)no3)C2)cc(OC)c1. The molecular formula is C21H23N3O3. The lowest BCUT2D eigenvalue weighted by Crippen LogP contribution is -2.44. The zero-order chi connectivity index (χ0) is 18.6. The van der Waals surface area contributed by atoms with Crippen LogP contribution in [0.15, 0.2) is 53.1 Å². The summed E-state index contributed by atoms with van der Waals surface area (Å²) in [5, 5.41) is 4.13. The van der Waals surface area contributed by atoms with Gasteiger partial charge >= 0.3 is 0 Å². The molecule has 0 N–H and O–H groups in total. The molecule has 27 heavy (non-hydrogen) atoms. The topological polar surface area (TPSA) is 60.6 Å². The third kappa shape index (κ3) is 4.11. The molecule has 3 aromatic rings. The Labute approximate surface area is 158 Å². The number of ether oxygens (including phenoxy) is 2. The lowest BCUT2D eigenvalue weighted by molar-refractivity contribution is 0.117. The number of methoxy groups -OCH3 is 2. The van der Waals surface area contributed by atoms with Gasteiger partial charge in [-0.1, -0.05) is 35.5 Å². The third-order valence-corrected chi connectivity index (χ3v) is 4.81. The maximum atomic E-state index is 5.48. The van der Waals surface area contributed by atoms with Gasteiger partial charge < -0.3 is 14.0 Å². The van der Waals surface area contributed by atoms with Gasteiger partial charge in [0.1, 0.15) is 11.5 Å². The van der Waals surface area contributed by atoms with Crippen LogP contribution in [0.3, 0.4) is 0 Å². The highest BCUT2D eigenvalue weighted by molar-refractivity contribution is 5.38. The first-order chi connectivity index (χ1) is 13.2. The number of nitrogens with zero attached hydrogens (tertiary/aromatic N) is 3. The summed E-state index contributed by atoms with van der Waals surface area (Å²) in [5.74, 6) is 3.40. The zero-order valence-electron chi connectivity index (χ0n) is 15.6. The average molecular weight is 365 g/mol. The summed E-state index contributed by atoms with van der Waals surface area (Å²) in [6, 6.07) is 16.2. The van der Waals surface area contributed by atoms with E-state index in [1.54, 1.807) is 14.2 Å². The van der Waals surface area contributed by atoms with Gasteiger partial charge in [-0.2, -0.15) is 4.98 Å². The zero-order valence-corrected chi connectivity index (χ0v) is 15.6. The van der Waals surface area contributed by atoms with Crippen LogP contribution in [0.4, 0.5) is 0 Å². The summed E-state index contributed by atoms with van der Waals surface area (Å²) < 4.78 is 16.2. The molecule has 0 atom stereocenters. The van der Waals surface area contributed by atoms with Crippen molar-refractivity contribution in [3.05, 3.63) is 71.4 Å². The molecule has 0 aliphatic carbocycles. The van der Waals surface area contributed by atoms with Crippen LogP contribution in [-0.2, 0) is 13.0 Å². The lowest BCUT2D eigenvalue weighted by Gasteiger charge is -2.37. The molecule has 1 aromatic heterocycles. The number of hydrogen-bond donors (Lipinski definition) is 0. The largest absolute Gasteiger partial charge is 0.497 e. The van der Waals surface area contributed by atoms with Gasteiger partial charge in [0.25, 0.3) is 0 Å². The average Bonchev–Trinajstić information content (AvgIpc) is 3.12. The molecule has 0 bridgehead atoms. The second-order valence-electron chi connectivity index (χ2n) is 6.82. The minimum atomic E-state index is 0.300. The molecule has 0 amide bonds. The monoisotopic (exact) mass is 365 g/mol. The Hall–Kier alpha value is -2.86. The van der Waals surface area contributed by atoms with E-state index in [1.165, 1.54) is 11.1 Å². The van der Waals surface area contributed by atoms with E-state index < -0.39 is 0 Å². The van der Waals surface area contributed by atoms with E-state index in [9.17, 15) is 0 Å². The Balaban J connectivity index is 1.33. The van der Waals surface area contributed by atoms with Crippen LogP contribution in [0, 0.1) is 0 Å². The van der Waals surface area contributed by atoms with Crippen molar-refractivity contribution >= 4 is 0 Å². The van der Waals surface area contributed by atoms with Crippen LogP contribution >= 0.6 is 0 Å². The molecule has 0 spiro atoms. The fourth-order valence-corrected chi connectivity index (χ4v) is 3.35. The molecule has 1 saturated heterocycles. The molecular weight excluding hydrogens is 342 g/mol. The molecule has 1 aliphatic rings. The summed E-state index contributed by atoms with van der Waals surface area (Å²) >= 11 is 0. The molecule has 2 heterocycles. The van der Waals surface area contributed by atoms with Crippen LogP contribution in [0.1, 0.15) is 28.8 Å². The highest BCUT2D eigenvalue weighted by Crippen LogP contribution is 2.29. The van der Waals surface area contributed by atoms with Crippen molar-refractivity contribution in [3.8, 4) is 11.5 Å². The lowest BCUT2D eigenvalue weighted by atomic mass is 9.99. The Morgan fingerprint density at radius 2 is 1.70 bits per heavy atom. The van der Waals surface area contributed by atoms with Crippen molar-refractivity contribution in [1.82, 2.24) is 15.0 Å². The van der Waals surface area contributed by atoms with Crippen LogP contribution in [0.5, 0.6) is 11.5 Å². The normalized spacial score (nSPS) is 14.7. The third-order valence-electron chi connectivity index (χ3n) is 4.81. The minimum Gasteiger partial charge on any atom is -0.497 e. The number of likely N-dealkylation sites (tertiary alicyclic amines) is 1. The Morgan fingerprint density at radius 1 is 1.00 bits per heavy atom. The van der Waals surface area contributed by atoms with Gasteiger partial charge in [0.05, 0.1) is 20.1 Å². The minimum absolute atomic E-state index is 0.300. The molecule has 0 unspecified atom stereocenters. The van der Waals surface area contributed by atoms with E-state index in [0.29, 0.717) is 12.3 Å². The van der Waals surface area contributed by atoms with E-state index in [1.807, 2.05) is 36.4 Å². The van der Waals surface area contributed by atoms with Crippen LogP contribution in [0.25, 0.3) is 0 Å². The fourth-order valence-electron chi connectivity index (χ4n) is 3.35. The summed E-state index contributed by atoms with van der Waals surface area (Å²) in [6.45, 7) is 2.66. The van der Waals surface area contributed by atoms with Gasteiger partial charge in [-0.15, -0.1) is 0 Å². The maximum absolute atomic E-state index is 5.48. The Kier molecular flexibility index (Phi) is 5.07. The summed E-state index contributed by atoms with van der Waals surface area (Å²) in [6.07, 6.45) is 0.699. The molecule has 140 valence electrons. The van der Waals surface area contributed by atoms with Crippen molar-refractivity contribution in [1.29, 1.82) is 0 Å². The Bertz CT molecular complexity index is 866. The highest BCUT2D eigenvalue weighted by atomic mass is 16.5. The standard InChI is InChI=1S/C21H23N3O3/c1-25-18-8-16(9-19(11-18)26-2)12-24-13-17(14-24)21-22-20(23-27-21)10-15-6-4-3-5-7-15/h3-9,11,17H,10,12-14H2,1-2H3. The molecule has 0 saturated carbocycles. The van der Waals surface area contributed by atoms with Crippen molar-refractivity contribution in [3.63, 3.8) is 0 Å². The summed E-state index contributed by atoms with van der Waals surface area (Å²) in [5.41, 5.74) is 2.35. The predicted molar refractivity (Wildman–Crippen MR) is 101 cm³/mol. The molecule has 6 nitrogen and oxygen atoms in total. The number of rotatable bonds is 7. The second-order valence-corrected chi connectivity index (χ2v) is 6.82. The molecule has 1 aliphatic heterocycles. The van der Waals surface area contributed by atoms with E-state index in [2.05, 4.69) is 27.2 Å². The number of hydrogen-bond acceptors (Lipinski definition) is 6. The summed E-state index contributed by atoms with van der Waals surface area (Å²) in [7, 11) is 3.33. The van der Waals surface area contributed by atoms with E-state index in [0.717, 1.165) is 42.8 Å². The predicted octanol–water partition coefficient (Wildman–Crippen LogP) is 3.28. The van der Waals surface area contributed by atoms with Gasteiger partial charge in [-0.05, 0) is 23.3 Å². The van der Waals surface area contributed by atoms with Crippen molar-refractivity contribution in [2.24, 2.45) is 0 Å². The molecule has 0 radical (unpaired) electrons. The van der Waals surface area contributed by atoms with Crippen LogP contribution in [-0.4, -0.2) is 42.3 Å². The first-order valence-electron chi connectivity index (χ1n) is 9.04. The van der Waals surface area contributed by atoms with Gasteiger partial charge in [0.15, 0.2) is 5.82 Å². The van der Waals surface area contributed by atoms with Crippen molar-refractivity contribution in [2.75, 3.05) is 27.3 Å². The fraction of sp³-hybridized carbons (Fsp3) is 0.333. The second kappa shape index (κ2) is 7.80. The van der Waals surface area contributed by atoms with Gasteiger partial charge in [-0.3, -0.25) is 4.90 Å². The van der Waals surface area contributed by atoms with Gasteiger partial charge in [0, 0.05) is 32.1 Å². The molecule has 2 aromatic carbocycles. The van der Waals surface area contributed by atoms with Crippen molar-refractivity contribution in [2.45, 2.75) is 18.9 Å². The van der Waals surface area contributed by atoms with E-state index in [-0.39, 0.29) is 0 Å². The maximum Gasteiger partial charge on any atom is 0.232 e. The van der Waals surface area contributed by atoms with E-state index >= 15 is 0 Å². The number of aromatic nitrogens is 2. The van der Waals surface area contributed by atoms with Crippen LogP contribution in [0.2, 0.25) is 0 Å². The van der Waals surface area contributed by atoms with E-state index in [4.69, 9.17) is 14.0 Å². The Morgan fingerprint density at radius 3 is 2.37 bits per heavy atom. The highest BCUT2D eigenvalue weighted by Gasteiger charge is 2.32. The van der Waals surface area contributed by atoms with Gasteiger partial charge in [-0.25, -0.2) is 0 Å². The van der Waals surface area contributed by atoms with Crippen LogP contribution < -0.4 is 9.47 Å². The summed E-state index contributed by atoms with van der Waals surface area (Å²) in [4.78, 5) is 6.93. The number of benzene rings is 2. The quantitative estimate of drug-likeness (QED) is 0.640. The smallest absolute Gasteiger partial charge is 0.232 e. The molecule has 6 heteroatoms. The molecule has 1 fully saturated rings. The molecule has 4 rings (SSSR count).